The van der Waals surface area contributed by atoms with Crippen molar-refractivity contribution < 1.29 is 43.4 Å². The fourth-order valence-electron chi connectivity index (χ4n) is 4.71. The quantitative estimate of drug-likeness (QED) is 0.174. The van der Waals surface area contributed by atoms with Crippen molar-refractivity contribution >= 4 is 28.8 Å². The number of carboxylic acids is 1. The molecule has 2 fully saturated rings. The van der Waals surface area contributed by atoms with Crippen molar-refractivity contribution in [2.75, 3.05) is 19.8 Å². The fraction of sp³-hybridized carbons (Fsp3) is 0.355. The van der Waals surface area contributed by atoms with Crippen LogP contribution >= 0.6 is 0 Å². The Labute approximate surface area is 232 Å². The van der Waals surface area contributed by atoms with Crippen molar-refractivity contribution in [3.63, 3.8) is 0 Å². The van der Waals surface area contributed by atoms with Gasteiger partial charge in [-0.15, -0.1) is 0 Å². The predicted molar refractivity (Wildman–Crippen MR) is 146 cm³/mol. The van der Waals surface area contributed by atoms with Gasteiger partial charge in [-0.1, -0.05) is 42.5 Å². The Morgan fingerprint density at radius 3 is 2.35 bits per heavy atom. The summed E-state index contributed by atoms with van der Waals surface area (Å²) in [4.78, 5) is 33.3. The molecule has 3 aromatic carbocycles. The number of ether oxygens (including phenoxy) is 4. The highest BCUT2D eigenvalue weighted by molar-refractivity contribution is 5.93. The Bertz CT molecular complexity index is 1330. The topological polar surface area (TPSA) is 110 Å². The van der Waals surface area contributed by atoms with Crippen LogP contribution in [0.1, 0.15) is 44.1 Å². The molecule has 3 aromatic rings. The van der Waals surface area contributed by atoms with Gasteiger partial charge < -0.3 is 24.1 Å². The number of benzene rings is 3. The summed E-state index contributed by atoms with van der Waals surface area (Å²) in [5, 5.41) is 10.4. The Morgan fingerprint density at radius 2 is 1.65 bits per heavy atom. The van der Waals surface area contributed by atoms with Crippen molar-refractivity contribution in [2.24, 2.45) is 0 Å². The van der Waals surface area contributed by atoms with Crippen LogP contribution < -0.4 is 9.47 Å². The minimum absolute atomic E-state index is 0.0273. The second-order valence-corrected chi connectivity index (χ2v) is 9.75. The van der Waals surface area contributed by atoms with E-state index in [1.165, 1.54) is 0 Å². The molecule has 1 saturated carbocycles. The summed E-state index contributed by atoms with van der Waals surface area (Å²) >= 11 is 0. The van der Waals surface area contributed by atoms with Gasteiger partial charge in [0.2, 0.25) is 5.79 Å². The first kappa shape index (κ1) is 27.6. The van der Waals surface area contributed by atoms with E-state index >= 15 is 0 Å². The lowest BCUT2D eigenvalue weighted by molar-refractivity contribution is -0.477. The van der Waals surface area contributed by atoms with Crippen LogP contribution in [0.4, 0.5) is 0 Å². The van der Waals surface area contributed by atoms with E-state index in [2.05, 4.69) is 0 Å². The highest BCUT2D eigenvalue weighted by Crippen LogP contribution is 2.38. The average molecular weight is 549 g/mol. The van der Waals surface area contributed by atoms with Gasteiger partial charge in [-0.05, 0) is 48.7 Å². The van der Waals surface area contributed by atoms with E-state index in [9.17, 15) is 9.59 Å². The summed E-state index contributed by atoms with van der Waals surface area (Å²) in [6.07, 6.45) is 7.19. The zero-order chi connectivity index (χ0) is 27.8. The SMILES string of the molecule is O=C(O)CCC(=O)OCCOc1cccc2c(Oc3ccc(C=CC4COC5(CCCC5)OO4)cc3)cccc12. The summed E-state index contributed by atoms with van der Waals surface area (Å²) in [6, 6.07) is 19.1. The summed E-state index contributed by atoms with van der Waals surface area (Å²) in [5.74, 6) is -0.158. The van der Waals surface area contributed by atoms with Crippen molar-refractivity contribution in [3.05, 3.63) is 72.3 Å². The molecule has 0 aromatic heterocycles. The fourth-order valence-corrected chi connectivity index (χ4v) is 4.71. The molecule has 1 N–H and O–H groups in total. The average Bonchev–Trinajstić information content (AvgIpc) is 3.43. The van der Waals surface area contributed by atoms with Crippen LogP contribution in [-0.2, 0) is 28.8 Å². The molecular weight excluding hydrogens is 516 g/mol. The Morgan fingerprint density at radius 1 is 0.925 bits per heavy atom. The van der Waals surface area contributed by atoms with E-state index in [-0.39, 0.29) is 32.2 Å². The number of hydrogen-bond acceptors (Lipinski definition) is 8. The normalized spacial score (nSPS) is 18.2. The van der Waals surface area contributed by atoms with Gasteiger partial charge in [0.15, 0.2) is 0 Å². The summed E-state index contributed by atoms with van der Waals surface area (Å²) in [5.41, 5.74) is 0.995. The van der Waals surface area contributed by atoms with Crippen LogP contribution in [0.5, 0.6) is 17.2 Å². The Hall–Kier alpha value is -3.92. The molecule has 0 radical (unpaired) electrons. The number of carbonyl (C=O) groups is 2. The standard InChI is InChI=1S/C31H32O9/c32-29(33)15-16-30(34)36-20-19-35-27-7-3-6-26-25(27)5-4-8-28(26)38-23-12-9-22(10-13-23)11-14-24-21-37-31(40-39-24)17-1-2-18-31/h3-14,24H,1-2,15-21H2,(H,32,33). The first-order valence-corrected chi connectivity index (χ1v) is 13.5. The lowest BCUT2D eigenvalue weighted by Gasteiger charge is -2.34. The van der Waals surface area contributed by atoms with E-state index in [0.717, 1.165) is 42.0 Å². The highest BCUT2D eigenvalue weighted by atomic mass is 17.2. The predicted octanol–water partition coefficient (Wildman–Crippen LogP) is 6.05. The van der Waals surface area contributed by atoms with E-state index in [4.69, 9.17) is 33.8 Å². The molecule has 1 heterocycles. The van der Waals surface area contributed by atoms with Gasteiger partial charge in [0, 0.05) is 23.6 Å². The molecule has 1 aliphatic carbocycles. The zero-order valence-electron chi connectivity index (χ0n) is 22.1. The third-order valence-corrected chi connectivity index (χ3v) is 6.80. The van der Waals surface area contributed by atoms with Crippen LogP contribution in [-0.4, -0.2) is 48.8 Å². The third-order valence-electron chi connectivity index (χ3n) is 6.80. The Balaban J connectivity index is 1.15. The van der Waals surface area contributed by atoms with Crippen LogP contribution in [0.25, 0.3) is 16.8 Å². The number of aliphatic carboxylic acids is 1. The molecule has 9 heteroatoms. The minimum Gasteiger partial charge on any atom is -0.489 e. The Kier molecular flexibility index (Phi) is 8.95. The molecule has 1 atom stereocenters. The number of esters is 1. The molecule has 2 aliphatic rings. The van der Waals surface area contributed by atoms with E-state index in [1.807, 2.05) is 72.8 Å². The summed E-state index contributed by atoms with van der Waals surface area (Å²) in [6.45, 7) is 0.644. The van der Waals surface area contributed by atoms with E-state index in [1.54, 1.807) is 0 Å². The van der Waals surface area contributed by atoms with Crippen molar-refractivity contribution in [3.8, 4) is 17.2 Å². The molecule has 1 unspecified atom stereocenters. The molecule has 210 valence electrons. The molecule has 0 amide bonds. The maximum absolute atomic E-state index is 11.6. The van der Waals surface area contributed by atoms with E-state index < -0.39 is 17.7 Å². The van der Waals surface area contributed by atoms with Crippen LogP contribution in [0.15, 0.2) is 66.7 Å². The lowest BCUT2D eigenvalue weighted by atomic mass is 10.1. The lowest BCUT2D eigenvalue weighted by Crippen LogP contribution is -2.42. The largest absolute Gasteiger partial charge is 0.489 e. The van der Waals surface area contributed by atoms with Gasteiger partial charge in [0.25, 0.3) is 0 Å². The maximum atomic E-state index is 11.6. The van der Waals surface area contributed by atoms with Crippen molar-refractivity contribution in [2.45, 2.75) is 50.4 Å². The van der Waals surface area contributed by atoms with Gasteiger partial charge >= 0.3 is 11.9 Å². The molecule has 1 saturated heterocycles. The number of rotatable bonds is 11. The number of fused-ring (bicyclic) bond motifs is 1. The number of hydrogen-bond donors (Lipinski definition) is 1. The van der Waals surface area contributed by atoms with Gasteiger partial charge in [-0.2, -0.15) is 0 Å². The molecule has 0 bridgehead atoms. The van der Waals surface area contributed by atoms with Crippen LogP contribution in [0.3, 0.4) is 0 Å². The summed E-state index contributed by atoms with van der Waals surface area (Å²) in [7, 11) is 0. The minimum atomic E-state index is -1.04. The number of carboxylic acid groups (broad SMARTS) is 1. The second-order valence-electron chi connectivity index (χ2n) is 9.75. The van der Waals surface area contributed by atoms with Crippen LogP contribution in [0, 0.1) is 0 Å². The molecule has 1 aliphatic heterocycles. The van der Waals surface area contributed by atoms with Crippen molar-refractivity contribution in [1.82, 2.24) is 0 Å². The second kappa shape index (κ2) is 13.0. The van der Waals surface area contributed by atoms with E-state index in [0.29, 0.717) is 23.9 Å². The summed E-state index contributed by atoms with van der Waals surface area (Å²) < 4.78 is 23.0. The molecular formula is C31H32O9. The molecule has 40 heavy (non-hydrogen) atoms. The number of carbonyl (C=O) groups excluding carboxylic acids is 1. The smallest absolute Gasteiger partial charge is 0.306 e. The maximum Gasteiger partial charge on any atom is 0.306 e. The zero-order valence-corrected chi connectivity index (χ0v) is 22.1. The first-order chi connectivity index (χ1) is 19.5. The highest BCUT2D eigenvalue weighted by Gasteiger charge is 2.41. The molecule has 9 nitrogen and oxygen atoms in total. The molecule has 5 rings (SSSR count). The van der Waals surface area contributed by atoms with Gasteiger partial charge in [0.1, 0.15) is 36.6 Å². The van der Waals surface area contributed by atoms with Crippen LogP contribution in [0.2, 0.25) is 0 Å². The molecule has 1 spiro atoms. The van der Waals surface area contributed by atoms with Crippen molar-refractivity contribution in [1.29, 1.82) is 0 Å². The first-order valence-electron chi connectivity index (χ1n) is 13.5. The van der Waals surface area contributed by atoms with Gasteiger partial charge in [-0.3, -0.25) is 9.59 Å². The van der Waals surface area contributed by atoms with Gasteiger partial charge in [-0.25, -0.2) is 9.78 Å². The monoisotopic (exact) mass is 548 g/mol. The van der Waals surface area contributed by atoms with Gasteiger partial charge in [0.05, 0.1) is 19.4 Å². The third kappa shape index (κ3) is 7.18.